The van der Waals surface area contributed by atoms with Crippen molar-refractivity contribution >= 4 is 21.8 Å². The van der Waals surface area contributed by atoms with Crippen molar-refractivity contribution in [2.24, 2.45) is 10.6 Å². The highest BCUT2D eigenvalue weighted by molar-refractivity contribution is 7.89. The van der Waals surface area contributed by atoms with Gasteiger partial charge in [-0.15, -0.1) is 0 Å². The summed E-state index contributed by atoms with van der Waals surface area (Å²) in [7, 11) is -3.84. The zero-order chi connectivity index (χ0) is 16.4. The van der Waals surface area contributed by atoms with Crippen molar-refractivity contribution in [2.75, 3.05) is 6.54 Å². The fourth-order valence-electron chi connectivity index (χ4n) is 2.37. The van der Waals surface area contributed by atoms with E-state index in [1.807, 2.05) is 0 Å². The Morgan fingerprint density at radius 3 is 2.68 bits per heavy atom. The zero-order valence-corrected chi connectivity index (χ0v) is 13.1. The van der Waals surface area contributed by atoms with Crippen molar-refractivity contribution in [2.45, 2.75) is 31.2 Å². The molecule has 0 aromatic heterocycles. The molecule has 8 heteroatoms. The first-order chi connectivity index (χ1) is 10.2. The van der Waals surface area contributed by atoms with Gasteiger partial charge in [0, 0.05) is 19.5 Å². The first-order valence-corrected chi connectivity index (χ1v) is 8.43. The lowest BCUT2D eigenvalue weighted by Crippen LogP contribution is -2.50. The summed E-state index contributed by atoms with van der Waals surface area (Å²) in [6.45, 7) is 2.11. The summed E-state index contributed by atoms with van der Waals surface area (Å²) in [6.07, 6.45) is 0.763. The Labute approximate surface area is 129 Å². The minimum absolute atomic E-state index is 0.00241. The van der Waals surface area contributed by atoms with Crippen LogP contribution in [0.3, 0.4) is 0 Å². The first-order valence-electron chi connectivity index (χ1n) is 6.88. The summed E-state index contributed by atoms with van der Waals surface area (Å²) in [4.78, 5) is 23.5. The molecule has 4 N–H and O–H groups in total. The third-order valence-corrected chi connectivity index (χ3v) is 4.86. The van der Waals surface area contributed by atoms with Gasteiger partial charge in [-0.3, -0.25) is 9.59 Å². The van der Waals surface area contributed by atoms with Crippen LogP contribution >= 0.6 is 0 Å². The SMILES string of the molecule is CC1(C(=O)NCc2ccccc2S(N)(=O)=O)CCC(=O)NC1. The molecule has 2 rings (SSSR count). The van der Waals surface area contributed by atoms with Gasteiger partial charge in [0.15, 0.2) is 0 Å². The molecule has 1 aliphatic rings. The summed E-state index contributed by atoms with van der Waals surface area (Å²) in [5, 5.41) is 10.6. The van der Waals surface area contributed by atoms with Gasteiger partial charge in [0.1, 0.15) is 0 Å². The second-order valence-corrected chi connectivity index (χ2v) is 7.20. The molecule has 120 valence electrons. The number of hydrogen-bond donors (Lipinski definition) is 3. The molecule has 0 bridgehead atoms. The van der Waals surface area contributed by atoms with Gasteiger partial charge in [0.05, 0.1) is 10.3 Å². The molecular weight excluding hydrogens is 306 g/mol. The predicted molar refractivity (Wildman–Crippen MR) is 80.0 cm³/mol. The second kappa shape index (κ2) is 6.05. The normalized spacial score (nSPS) is 22.0. The molecule has 0 spiro atoms. The average Bonchev–Trinajstić information content (AvgIpc) is 2.47. The predicted octanol–water partition coefficient (Wildman–Crippen LogP) is -0.133. The number of sulfonamides is 1. The van der Waals surface area contributed by atoms with E-state index in [0.717, 1.165) is 0 Å². The number of rotatable bonds is 4. The van der Waals surface area contributed by atoms with Crippen LogP contribution in [0.2, 0.25) is 0 Å². The highest BCUT2D eigenvalue weighted by Crippen LogP contribution is 2.26. The Bertz CT molecular complexity index is 690. The van der Waals surface area contributed by atoms with Gasteiger partial charge in [0.2, 0.25) is 21.8 Å². The van der Waals surface area contributed by atoms with Crippen LogP contribution in [0.15, 0.2) is 29.2 Å². The van der Waals surface area contributed by atoms with E-state index < -0.39 is 15.4 Å². The van der Waals surface area contributed by atoms with Crippen molar-refractivity contribution < 1.29 is 18.0 Å². The largest absolute Gasteiger partial charge is 0.355 e. The van der Waals surface area contributed by atoms with Crippen LogP contribution in [0.25, 0.3) is 0 Å². The van der Waals surface area contributed by atoms with Gasteiger partial charge in [-0.1, -0.05) is 18.2 Å². The number of carbonyl (C=O) groups excluding carboxylic acids is 2. The molecule has 1 aromatic rings. The van der Waals surface area contributed by atoms with E-state index in [2.05, 4.69) is 10.6 Å². The Morgan fingerprint density at radius 2 is 2.09 bits per heavy atom. The molecule has 7 nitrogen and oxygen atoms in total. The number of piperidine rings is 1. The molecule has 0 radical (unpaired) electrons. The minimum atomic E-state index is -3.84. The van der Waals surface area contributed by atoms with Gasteiger partial charge in [-0.05, 0) is 25.0 Å². The maximum Gasteiger partial charge on any atom is 0.238 e. The van der Waals surface area contributed by atoms with E-state index in [4.69, 9.17) is 5.14 Å². The second-order valence-electron chi connectivity index (χ2n) is 5.67. The fraction of sp³-hybridized carbons (Fsp3) is 0.429. The molecular formula is C14H19N3O4S. The highest BCUT2D eigenvalue weighted by Gasteiger charge is 2.36. The number of benzene rings is 1. The van der Waals surface area contributed by atoms with Crippen molar-refractivity contribution in [3.05, 3.63) is 29.8 Å². The Hall–Kier alpha value is -1.93. The summed E-state index contributed by atoms with van der Waals surface area (Å²) in [6, 6.07) is 6.26. The van der Waals surface area contributed by atoms with E-state index in [9.17, 15) is 18.0 Å². The van der Waals surface area contributed by atoms with Crippen molar-refractivity contribution in [1.82, 2.24) is 10.6 Å². The summed E-state index contributed by atoms with van der Waals surface area (Å²) >= 11 is 0. The van der Waals surface area contributed by atoms with Crippen molar-refractivity contribution in [3.63, 3.8) is 0 Å². The molecule has 0 saturated carbocycles. The van der Waals surface area contributed by atoms with E-state index in [0.29, 0.717) is 18.4 Å². The highest BCUT2D eigenvalue weighted by atomic mass is 32.2. The summed E-state index contributed by atoms with van der Waals surface area (Å²) in [5.74, 6) is -0.290. The summed E-state index contributed by atoms with van der Waals surface area (Å²) in [5.41, 5.74) is -0.258. The van der Waals surface area contributed by atoms with Gasteiger partial charge < -0.3 is 10.6 Å². The maximum atomic E-state index is 12.3. The van der Waals surface area contributed by atoms with Crippen LogP contribution in [-0.2, 0) is 26.2 Å². The maximum absolute atomic E-state index is 12.3. The molecule has 1 saturated heterocycles. The Kier molecular flexibility index (Phi) is 4.52. The lowest BCUT2D eigenvalue weighted by atomic mass is 9.81. The van der Waals surface area contributed by atoms with E-state index in [1.165, 1.54) is 6.07 Å². The third-order valence-electron chi connectivity index (χ3n) is 3.85. The Balaban J connectivity index is 2.08. The molecule has 1 atom stereocenters. The van der Waals surface area contributed by atoms with Crippen LogP contribution in [0.5, 0.6) is 0 Å². The Morgan fingerprint density at radius 1 is 1.41 bits per heavy atom. The number of amides is 2. The fourth-order valence-corrected chi connectivity index (χ4v) is 3.14. The number of hydrogen-bond acceptors (Lipinski definition) is 4. The van der Waals surface area contributed by atoms with E-state index >= 15 is 0 Å². The number of carbonyl (C=O) groups is 2. The van der Waals surface area contributed by atoms with Gasteiger partial charge in [-0.2, -0.15) is 0 Å². The smallest absolute Gasteiger partial charge is 0.238 e. The van der Waals surface area contributed by atoms with Gasteiger partial charge in [-0.25, -0.2) is 13.6 Å². The third kappa shape index (κ3) is 3.63. The first kappa shape index (κ1) is 16.4. The monoisotopic (exact) mass is 325 g/mol. The van der Waals surface area contributed by atoms with Crippen LogP contribution in [0.1, 0.15) is 25.3 Å². The molecule has 2 amide bonds. The molecule has 1 unspecified atom stereocenters. The van der Waals surface area contributed by atoms with Crippen molar-refractivity contribution in [3.8, 4) is 0 Å². The van der Waals surface area contributed by atoms with Crippen LogP contribution in [0, 0.1) is 5.41 Å². The van der Waals surface area contributed by atoms with Crippen LogP contribution in [-0.4, -0.2) is 26.8 Å². The number of primary sulfonamides is 1. The van der Waals surface area contributed by atoms with Crippen molar-refractivity contribution in [1.29, 1.82) is 0 Å². The number of nitrogens with one attached hydrogen (secondary N) is 2. The minimum Gasteiger partial charge on any atom is -0.355 e. The molecule has 1 aliphatic heterocycles. The average molecular weight is 325 g/mol. The quantitative estimate of drug-likeness (QED) is 0.714. The zero-order valence-electron chi connectivity index (χ0n) is 12.3. The standard InChI is InChI=1S/C14H19N3O4S/c1-14(7-6-12(18)17-9-14)13(19)16-8-10-4-2-3-5-11(10)22(15,20)21/h2-5H,6-9H2,1H3,(H,16,19)(H,17,18)(H2,15,20,21). The number of nitrogens with two attached hydrogens (primary N) is 1. The van der Waals surface area contributed by atoms with Gasteiger partial charge >= 0.3 is 0 Å². The van der Waals surface area contributed by atoms with E-state index in [1.54, 1.807) is 25.1 Å². The topological polar surface area (TPSA) is 118 Å². The molecule has 22 heavy (non-hydrogen) atoms. The van der Waals surface area contributed by atoms with Crippen LogP contribution < -0.4 is 15.8 Å². The van der Waals surface area contributed by atoms with Gasteiger partial charge in [0.25, 0.3) is 0 Å². The molecule has 1 fully saturated rings. The molecule has 0 aliphatic carbocycles. The lowest BCUT2D eigenvalue weighted by molar-refractivity contribution is -0.134. The van der Waals surface area contributed by atoms with E-state index in [-0.39, 0.29) is 29.8 Å². The van der Waals surface area contributed by atoms with Crippen LogP contribution in [0.4, 0.5) is 0 Å². The lowest BCUT2D eigenvalue weighted by Gasteiger charge is -2.32. The molecule has 1 heterocycles. The molecule has 1 aromatic carbocycles. The summed E-state index contributed by atoms with van der Waals surface area (Å²) < 4.78 is 23.0.